The third-order valence-corrected chi connectivity index (χ3v) is 11.3. The second-order valence-electron chi connectivity index (χ2n) is 14.6. The first-order valence-corrected chi connectivity index (χ1v) is 18.6. The minimum atomic E-state index is -0.726. The normalized spacial score (nSPS) is 21.1. The number of nitro groups is 1. The van der Waals surface area contributed by atoms with Crippen molar-refractivity contribution < 1.29 is 24.0 Å². The maximum absolute atomic E-state index is 12.7. The first kappa shape index (κ1) is 36.3. The Morgan fingerprint density at radius 1 is 0.981 bits per heavy atom. The molecule has 2 aromatic heterocycles. The zero-order chi connectivity index (χ0) is 37.1. The molecule has 1 unspecified atom stereocenters. The highest BCUT2D eigenvalue weighted by Gasteiger charge is 2.32. The number of methoxy groups -OCH3 is 1. The number of imide groups is 1. The van der Waals surface area contributed by atoms with Gasteiger partial charge in [-0.05, 0) is 50.2 Å². The van der Waals surface area contributed by atoms with E-state index < -0.39 is 22.8 Å². The first-order valence-electron chi connectivity index (χ1n) is 18.6. The van der Waals surface area contributed by atoms with Crippen molar-refractivity contribution in [3.05, 3.63) is 58.7 Å². The summed E-state index contributed by atoms with van der Waals surface area (Å²) in [5, 5.41) is 21.1. The summed E-state index contributed by atoms with van der Waals surface area (Å²) >= 11 is 0. The van der Waals surface area contributed by atoms with Crippen LogP contribution in [0.25, 0.3) is 11.1 Å². The van der Waals surface area contributed by atoms with Crippen LogP contribution in [-0.4, -0.2) is 125 Å². The SMILES string of the molecule is COc1cc(N2CCC(N3CCN(CC4CCN(c5ccc(C(=O)NC6CCC(=O)NC6=O)nc5)CC4)CC3)CC2)c(-c2cnn(C)c2)cc1[N+](=O)[O-]. The third-order valence-electron chi connectivity index (χ3n) is 11.3. The van der Waals surface area contributed by atoms with Crippen LogP contribution in [0.4, 0.5) is 17.1 Å². The van der Waals surface area contributed by atoms with Gasteiger partial charge >= 0.3 is 5.69 Å². The molecule has 0 aliphatic carbocycles. The van der Waals surface area contributed by atoms with E-state index in [1.807, 2.05) is 25.4 Å². The molecule has 3 amide bonds. The summed E-state index contributed by atoms with van der Waals surface area (Å²) in [4.78, 5) is 61.7. The molecule has 0 saturated carbocycles. The number of hydrogen-bond donors (Lipinski definition) is 2. The van der Waals surface area contributed by atoms with E-state index in [1.165, 1.54) is 7.11 Å². The Kier molecular flexibility index (Phi) is 10.9. The number of anilines is 2. The number of aromatic nitrogens is 3. The van der Waals surface area contributed by atoms with Gasteiger partial charge < -0.3 is 24.8 Å². The summed E-state index contributed by atoms with van der Waals surface area (Å²) in [7, 11) is 3.32. The van der Waals surface area contributed by atoms with E-state index in [1.54, 1.807) is 29.2 Å². The average Bonchev–Trinajstić information content (AvgIpc) is 3.62. The molecular weight excluding hydrogens is 680 g/mol. The van der Waals surface area contributed by atoms with E-state index >= 15 is 0 Å². The molecule has 3 aromatic rings. The lowest BCUT2D eigenvalue weighted by atomic mass is 9.95. The van der Waals surface area contributed by atoms with Gasteiger partial charge in [0, 0.05) is 114 Å². The maximum Gasteiger partial charge on any atom is 0.311 e. The molecule has 16 nitrogen and oxygen atoms in total. The molecule has 0 spiro atoms. The molecule has 0 bridgehead atoms. The number of nitro benzene ring substituents is 1. The number of carbonyl (C=O) groups is 3. The standard InChI is InChI=1S/C37H48N10O6/c1-42-24-26(21-39-42)29-19-33(47(51)52)34(53-2)20-32(29)46-13-9-27(10-14-46)45-17-15-43(16-18-45)23-25-7-11-44(12-8-25)28-3-4-30(38-22-28)36(49)40-31-5-6-35(48)41-37(31)50/h3-4,19-22,24-25,27,31H,5-18,23H2,1-2H3,(H,40,49)(H,41,48,50). The fourth-order valence-electron chi connectivity index (χ4n) is 8.21. The van der Waals surface area contributed by atoms with Crippen molar-refractivity contribution in [3.8, 4) is 16.9 Å². The average molecular weight is 729 g/mol. The molecule has 16 heteroatoms. The monoisotopic (exact) mass is 728 g/mol. The van der Waals surface area contributed by atoms with Crippen LogP contribution in [0.3, 0.4) is 0 Å². The molecule has 4 aliphatic heterocycles. The summed E-state index contributed by atoms with van der Waals surface area (Å²) in [6, 6.07) is 6.83. The molecule has 4 fully saturated rings. The Hall–Kier alpha value is -5.09. The molecule has 282 valence electrons. The lowest BCUT2D eigenvalue weighted by molar-refractivity contribution is -0.385. The predicted molar refractivity (Wildman–Crippen MR) is 198 cm³/mol. The summed E-state index contributed by atoms with van der Waals surface area (Å²) in [5.41, 5.74) is 3.77. The number of amides is 3. The number of ether oxygens (including phenoxy) is 1. The van der Waals surface area contributed by atoms with Crippen LogP contribution in [0, 0.1) is 16.0 Å². The van der Waals surface area contributed by atoms with Crippen molar-refractivity contribution in [2.75, 3.05) is 75.8 Å². The van der Waals surface area contributed by atoms with E-state index in [0.717, 1.165) is 107 Å². The van der Waals surface area contributed by atoms with Gasteiger partial charge in [0.05, 0.1) is 30.1 Å². The van der Waals surface area contributed by atoms with Gasteiger partial charge in [0.25, 0.3) is 5.91 Å². The van der Waals surface area contributed by atoms with Gasteiger partial charge in [-0.25, -0.2) is 4.98 Å². The summed E-state index contributed by atoms with van der Waals surface area (Å²) in [6.45, 7) is 8.98. The van der Waals surface area contributed by atoms with E-state index in [-0.39, 0.29) is 35.9 Å². The summed E-state index contributed by atoms with van der Waals surface area (Å²) < 4.78 is 7.15. The Balaban J connectivity index is 0.853. The van der Waals surface area contributed by atoms with Crippen LogP contribution in [-0.2, 0) is 16.6 Å². The highest BCUT2D eigenvalue weighted by Crippen LogP contribution is 2.41. The van der Waals surface area contributed by atoms with Gasteiger partial charge in [-0.3, -0.25) is 39.4 Å². The fourth-order valence-corrected chi connectivity index (χ4v) is 8.21. The lowest BCUT2D eigenvalue weighted by Crippen LogP contribution is -2.54. The van der Waals surface area contributed by atoms with E-state index in [4.69, 9.17) is 4.74 Å². The van der Waals surface area contributed by atoms with E-state index in [0.29, 0.717) is 12.0 Å². The van der Waals surface area contributed by atoms with Crippen molar-refractivity contribution in [2.24, 2.45) is 13.0 Å². The lowest BCUT2D eigenvalue weighted by Gasteiger charge is -2.44. The highest BCUT2D eigenvalue weighted by atomic mass is 16.6. The van der Waals surface area contributed by atoms with Crippen LogP contribution in [0.5, 0.6) is 5.75 Å². The quantitative estimate of drug-likeness (QED) is 0.178. The number of nitrogens with zero attached hydrogens (tertiary/aromatic N) is 8. The highest BCUT2D eigenvalue weighted by molar-refractivity contribution is 6.03. The van der Waals surface area contributed by atoms with Gasteiger partial charge in [-0.2, -0.15) is 5.10 Å². The van der Waals surface area contributed by atoms with Crippen LogP contribution in [0.1, 0.15) is 49.0 Å². The van der Waals surface area contributed by atoms with Gasteiger partial charge in [0.1, 0.15) is 11.7 Å². The van der Waals surface area contributed by atoms with Crippen molar-refractivity contribution in [3.63, 3.8) is 0 Å². The zero-order valence-corrected chi connectivity index (χ0v) is 30.4. The second kappa shape index (κ2) is 15.9. The molecule has 1 atom stereocenters. The number of benzene rings is 1. The largest absolute Gasteiger partial charge is 0.490 e. The summed E-state index contributed by atoms with van der Waals surface area (Å²) in [6.07, 6.45) is 10.1. The molecule has 4 aliphatic rings. The molecule has 4 saturated heterocycles. The van der Waals surface area contributed by atoms with Gasteiger partial charge in [0.15, 0.2) is 5.75 Å². The summed E-state index contributed by atoms with van der Waals surface area (Å²) in [5.74, 6) is -0.313. The van der Waals surface area contributed by atoms with E-state index in [2.05, 4.69) is 40.3 Å². The van der Waals surface area contributed by atoms with E-state index in [9.17, 15) is 24.5 Å². The number of rotatable bonds is 10. The van der Waals surface area contributed by atoms with Crippen LogP contribution < -0.4 is 25.2 Å². The van der Waals surface area contributed by atoms with Crippen LogP contribution in [0.2, 0.25) is 0 Å². The number of aryl methyl sites for hydroxylation is 1. The number of pyridine rings is 1. The predicted octanol–water partition coefficient (Wildman–Crippen LogP) is 2.44. The Morgan fingerprint density at radius 2 is 1.72 bits per heavy atom. The number of piperazine rings is 1. The third kappa shape index (κ3) is 8.28. The number of nitrogens with one attached hydrogen (secondary N) is 2. The Labute approximate surface area is 308 Å². The first-order chi connectivity index (χ1) is 25.6. The Bertz CT molecular complexity index is 1810. The molecule has 53 heavy (non-hydrogen) atoms. The number of hydrogen-bond acceptors (Lipinski definition) is 12. The molecule has 7 rings (SSSR count). The molecule has 2 N–H and O–H groups in total. The topological polar surface area (TPSA) is 171 Å². The van der Waals surface area contributed by atoms with Gasteiger partial charge in [0.2, 0.25) is 11.8 Å². The number of carbonyl (C=O) groups excluding carboxylic acids is 3. The minimum absolute atomic E-state index is 0.0471. The van der Waals surface area contributed by atoms with Gasteiger partial charge in [-0.15, -0.1) is 0 Å². The van der Waals surface area contributed by atoms with Crippen LogP contribution in [0.15, 0.2) is 42.9 Å². The second-order valence-corrected chi connectivity index (χ2v) is 14.6. The maximum atomic E-state index is 12.7. The molecule has 0 radical (unpaired) electrons. The smallest absolute Gasteiger partial charge is 0.311 e. The van der Waals surface area contributed by atoms with Crippen molar-refractivity contribution in [1.29, 1.82) is 0 Å². The van der Waals surface area contributed by atoms with Crippen LogP contribution >= 0.6 is 0 Å². The zero-order valence-electron chi connectivity index (χ0n) is 30.4. The van der Waals surface area contributed by atoms with Crippen molar-refractivity contribution in [2.45, 2.75) is 50.6 Å². The molecule has 6 heterocycles. The fraction of sp³-hybridized carbons (Fsp3) is 0.541. The van der Waals surface area contributed by atoms with Crippen molar-refractivity contribution >= 4 is 34.8 Å². The van der Waals surface area contributed by atoms with Gasteiger partial charge in [-0.1, -0.05) is 0 Å². The molecule has 1 aromatic carbocycles. The Morgan fingerprint density at radius 3 is 2.34 bits per heavy atom. The minimum Gasteiger partial charge on any atom is -0.490 e. The number of piperidine rings is 3. The molecular formula is C37H48N10O6. The van der Waals surface area contributed by atoms with Crippen molar-refractivity contribution in [1.82, 2.24) is 35.2 Å².